The van der Waals surface area contributed by atoms with Crippen molar-refractivity contribution in [1.82, 2.24) is 10.3 Å². The number of amides is 1. The first-order chi connectivity index (χ1) is 12.0. The first-order valence-corrected chi connectivity index (χ1v) is 8.84. The van der Waals surface area contributed by atoms with Crippen LogP contribution in [0.1, 0.15) is 28.9 Å². The van der Waals surface area contributed by atoms with E-state index >= 15 is 0 Å². The Morgan fingerprint density at radius 2 is 2.12 bits per heavy atom. The summed E-state index contributed by atoms with van der Waals surface area (Å²) in [6.45, 7) is 1.49. The van der Waals surface area contributed by atoms with E-state index in [-0.39, 0.29) is 18.6 Å². The van der Waals surface area contributed by atoms with Gasteiger partial charge in [-0.2, -0.15) is 0 Å². The number of ether oxygens (including phenoxy) is 1. The number of carbonyl (C=O) groups excluding carboxylic acids is 2. The smallest absolute Gasteiger partial charge is 0.338 e. The lowest BCUT2D eigenvalue weighted by Crippen LogP contribution is -2.31. The molecule has 0 fully saturated rings. The monoisotopic (exact) mass is 374 g/mol. The zero-order chi connectivity index (χ0) is 17.8. The standard InChI is InChI=1S/C18H15ClN2O3S/c1-11(12-3-2-4-14(19)7-12)21-17(22)9-24-18(23)13-5-6-15-16(8-13)25-10-20-15/h2-8,10-11H,9H2,1H3,(H,21,22)/t11-/m1/s1. The molecule has 0 spiro atoms. The highest BCUT2D eigenvalue weighted by Gasteiger charge is 2.14. The molecular formula is C18H15ClN2O3S. The quantitative estimate of drug-likeness (QED) is 0.686. The van der Waals surface area contributed by atoms with Gasteiger partial charge in [-0.1, -0.05) is 23.7 Å². The minimum Gasteiger partial charge on any atom is -0.452 e. The minimum atomic E-state index is -0.541. The van der Waals surface area contributed by atoms with Crippen LogP contribution in [-0.2, 0) is 9.53 Å². The van der Waals surface area contributed by atoms with Gasteiger partial charge in [0.2, 0.25) is 0 Å². The summed E-state index contributed by atoms with van der Waals surface area (Å²) in [5, 5.41) is 3.37. The van der Waals surface area contributed by atoms with Crippen LogP contribution >= 0.6 is 22.9 Å². The minimum absolute atomic E-state index is 0.238. The van der Waals surface area contributed by atoms with E-state index < -0.39 is 5.97 Å². The van der Waals surface area contributed by atoms with Crippen molar-refractivity contribution in [3.05, 3.63) is 64.1 Å². The average Bonchev–Trinajstić information content (AvgIpc) is 3.07. The zero-order valence-electron chi connectivity index (χ0n) is 13.4. The Morgan fingerprint density at radius 3 is 2.92 bits per heavy atom. The van der Waals surface area contributed by atoms with Crippen LogP contribution in [0.3, 0.4) is 0 Å². The van der Waals surface area contributed by atoms with E-state index in [1.807, 2.05) is 19.1 Å². The van der Waals surface area contributed by atoms with E-state index in [4.69, 9.17) is 16.3 Å². The molecular weight excluding hydrogens is 360 g/mol. The molecule has 7 heteroatoms. The number of hydrogen-bond donors (Lipinski definition) is 1. The molecule has 0 saturated heterocycles. The predicted molar refractivity (Wildman–Crippen MR) is 97.9 cm³/mol. The van der Waals surface area contributed by atoms with Crippen molar-refractivity contribution in [3.8, 4) is 0 Å². The molecule has 3 rings (SSSR count). The van der Waals surface area contributed by atoms with E-state index in [0.29, 0.717) is 10.6 Å². The Hall–Kier alpha value is -2.44. The Morgan fingerprint density at radius 1 is 1.28 bits per heavy atom. The SMILES string of the molecule is C[C@@H](NC(=O)COC(=O)c1ccc2ncsc2c1)c1cccc(Cl)c1. The molecule has 0 bridgehead atoms. The molecule has 1 heterocycles. The van der Waals surface area contributed by atoms with Gasteiger partial charge in [-0.3, -0.25) is 4.79 Å². The zero-order valence-corrected chi connectivity index (χ0v) is 14.9. The number of halogens is 1. The molecule has 1 N–H and O–H groups in total. The summed E-state index contributed by atoms with van der Waals surface area (Å²) in [6, 6.07) is 12.1. The van der Waals surface area contributed by atoms with Gasteiger partial charge in [-0.15, -0.1) is 11.3 Å². The lowest BCUT2D eigenvalue weighted by Gasteiger charge is -2.14. The van der Waals surface area contributed by atoms with Crippen LogP contribution in [0.5, 0.6) is 0 Å². The highest BCUT2D eigenvalue weighted by molar-refractivity contribution is 7.16. The average molecular weight is 375 g/mol. The van der Waals surface area contributed by atoms with Crippen molar-refractivity contribution < 1.29 is 14.3 Å². The van der Waals surface area contributed by atoms with Gasteiger partial charge >= 0.3 is 5.97 Å². The summed E-state index contributed by atoms with van der Waals surface area (Å²) < 4.78 is 5.98. The number of carbonyl (C=O) groups is 2. The number of esters is 1. The van der Waals surface area contributed by atoms with Gasteiger partial charge in [0.1, 0.15) is 0 Å². The summed E-state index contributed by atoms with van der Waals surface area (Å²) in [6.07, 6.45) is 0. The second-order valence-electron chi connectivity index (χ2n) is 5.46. The highest BCUT2D eigenvalue weighted by atomic mass is 35.5. The van der Waals surface area contributed by atoms with Gasteiger partial charge in [0, 0.05) is 5.02 Å². The maximum Gasteiger partial charge on any atom is 0.338 e. The topological polar surface area (TPSA) is 68.3 Å². The number of aromatic nitrogens is 1. The van der Waals surface area contributed by atoms with Crippen LogP contribution in [0.2, 0.25) is 5.02 Å². The molecule has 0 aliphatic rings. The lowest BCUT2D eigenvalue weighted by atomic mass is 10.1. The molecule has 0 radical (unpaired) electrons. The number of rotatable bonds is 5. The summed E-state index contributed by atoms with van der Waals surface area (Å²) in [5.41, 5.74) is 3.81. The highest BCUT2D eigenvalue weighted by Crippen LogP contribution is 2.20. The Labute approximate surface area is 153 Å². The van der Waals surface area contributed by atoms with Crippen molar-refractivity contribution in [3.63, 3.8) is 0 Å². The van der Waals surface area contributed by atoms with Crippen LogP contribution in [0.15, 0.2) is 48.0 Å². The van der Waals surface area contributed by atoms with Crippen LogP contribution in [0, 0.1) is 0 Å². The van der Waals surface area contributed by atoms with Gasteiger partial charge in [-0.25, -0.2) is 9.78 Å². The number of hydrogen-bond acceptors (Lipinski definition) is 5. The fourth-order valence-corrected chi connectivity index (χ4v) is 3.25. The summed E-state index contributed by atoms with van der Waals surface area (Å²) >= 11 is 7.39. The predicted octanol–water partition coefficient (Wildman–Crippen LogP) is 3.98. The molecule has 5 nitrogen and oxygen atoms in total. The van der Waals surface area contributed by atoms with Gasteiger partial charge < -0.3 is 10.1 Å². The molecule has 25 heavy (non-hydrogen) atoms. The first kappa shape index (κ1) is 17.4. The molecule has 2 aromatic carbocycles. The summed E-state index contributed by atoms with van der Waals surface area (Å²) in [5.74, 6) is -0.916. The van der Waals surface area contributed by atoms with Crippen LogP contribution in [-0.4, -0.2) is 23.5 Å². The third kappa shape index (κ3) is 4.35. The van der Waals surface area contributed by atoms with Crippen LogP contribution in [0.4, 0.5) is 0 Å². The van der Waals surface area contributed by atoms with Crippen molar-refractivity contribution in [2.45, 2.75) is 13.0 Å². The number of nitrogens with zero attached hydrogens (tertiary/aromatic N) is 1. The van der Waals surface area contributed by atoms with Gasteiger partial charge in [0.15, 0.2) is 6.61 Å². The molecule has 3 aromatic rings. The second kappa shape index (κ2) is 7.63. The van der Waals surface area contributed by atoms with Gasteiger partial charge in [-0.05, 0) is 42.8 Å². The molecule has 128 valence electrons. The molecule has 0 unspecified atom stereocenters. The van der Waals surface area contributed by atoms with Gasteiger partial charge in [0.25, 0.3) is 5.91 Å². The third-order valence-corrected chi connectivity index (χ3v) is 4.65. The molecule has 0 saturated carbocycles. The molecule has 1 aromatic heterocycles. The fraction of sp³-hybridized carbons (Fsp3) is 0.167. The largest absolute Gasteiger partial charge is 0.452 e. The van der Waals surface area contributed by atoms with Crippen molar-refractivity contribution in [2.24, 2.45) is 0 Å². The van der Waals surface area contributed by atoms with E-state index in [9.17, 15) is 9.59 Å². The lowest BCUT2D eigenvalue weighted by molar-refractivity contribution is -0.124. The normalized spacial score (nSPS) is 11.9. The van der Waals surface area contributed by atoms with Crippen molar-refractivity contribution >= 4 is 45.0 Å². The van der Waals surface area contributed by atoms with Crippen LogP contribution in [0.25, 0.3) is 10.2 Å². The van der Waals surface area contributed by atoms with Gasteiger partial charge in [0.05, 0.1) is 27.3 Å². The maximum absolute atomic E-state index is 12.1. The molecule has 0 aliphatic carbocycles. The van der Waals surface area contributed by atoms with E-state index in [1.54, 1.807) is 35.8 Å². The number of fused-ring (bicyclic) bond motifs is 1. The molecule has 1 atom stereocenters. The van der Waals surface area contributed by atoms with E-state index in [1.165, 1.54) is 11.3 Å². The van der Waals surface area contributed by atoms with Crippen LogP contribution < -0.4 is 5.32 Å². The van der Waals surface area contributed by atoms with Crippen molar-refractivity contribution in [1.29, 1.82) is 0 Å². The second-order valence-corrected chi connectivity index (χ2v) is 6.78. The summed E-state index contributed by atoms with van der Waals surface area (Å²) in [4.78, 5) is 28.2. The Bertz CT molecular complexity index is 925. The molecule has 1 amide bonds. The molecule has 0 aliphatic heterocycles. The van der Waals surface area contributed by atoms with E-state index in [0.717, 1.165) is 15.8 Å². The first-order valence-electron chi connectivity index (χ1n) is 7.58. The number of thiazole rings is 1. The maximum atomic E-state index is 12.1. The van der Waals surface area contributed by atoms with Crippen molar-refractivity contribution in [2.75, 3.05) is 6.61 Å². The fourth-order valence-electron chi connectivity index (χ4n) is 2.34. The number of benzene rings is 2. The summed E-state index contributed by atoms with van der Waals surface area (Å²) in [7, 11) is 0. The number of nitrogens with one attached hydrogen (secondary N) is 1. The third-order valence-electron chi connectivity index (χ3n) is 3.63. The Balaban J connectivity index is 1.55. The Kier molecular flexibility index (Phi) is 5.31. The van der Waals surface area contributed by atoms with E-state index in [2.05, 4.69) is 10.3 Å².